The van der Waals surface area contributed by atoms with E-state index in [2.05, 4.69) is 214 Å². The molecule has 0 aliphatic heterocycles. The molecule has 0 atom stereocenters. The standard InChI is InChI=1S/C52H33N3/c1-2-18-36(19-3-1)53-48-28-11-8-24-42(48)52-39(25-14-30-49(52)53)35-17-12-20-37(31-35)54-46-26-9-6-22-40(46)43-33-51-44(32-50(43)54)41-23-7-10-27-47(41)55(51)45-29-13-16-34-15-4-5-21-38(34)45/h1-33H. The summed E-state index contributed by atoms with van der Waals surface area (Å²) in [6, 6.07) is 73.2. The molecule has 0 fully saturated rings. The Morgan fingerprint density at radius 3 is 1.55 bits per heavy atom. The predicted octanol–water partition coefficient (Wildman–Crippen LogP) is 13.8. The van der Waals surface area contributed by atoms with Crippen LogP contribution in [-0.2, 0) is 0 Å². The molecule has 0 radical (unpaired) electrons. The fourth-order valence-corrected chi connectivity index (χ4v) is 9.30. The first-order chi connectivity index (χ1) is 27.3. The molecular formula is C52H33N3. The van der Waals surface area contributed by atoms with E-state index in [0.717, 1.165) is 11.4 Å². The molecule has 0 unspecified atom stereocenters. The van der Waals surface area contributed by atoms with Crippen LogP contribution in [0.2, 0.25) is 0 Å². The fraction of sp³-hybridized carbons (Fsp3) is 0. The van der Waals surface area contributed by atoms with E-state index in [-0.39, 0.29) is 0 Å². The van der Waals surface area contributed by atoms with Gasteiger partial charge < -0.3 is 13.7 Å². The number of benzene rings is 9. The fourth-order valence-electron chi connectivity index (χ4n) is 9.30. The van der Waals surface area contributed by atoms with E-state index in [9.17, 15) is 0 Å². The molecule has 3 heteroatoms. The molecule has 12 rings (SSSR count). The minimum absolute atomic E-state index is 1.14. The Morgan fingerprint density at radius 2 is 0.782 bits per heavy atom. The molecular weight excluding hydrogens is 667 g/mol. The third-order valence-corrected chi connectivity index (χ3v) is 11.6. The molecule has 0 spiro atoms. The van der Waals surface area contributed by atoms with Gasteiger partial charge in [0, 0.05) is 49.1 Å². The molecule has 3 heterocycles. The first kappa shape index (κ1) is 30.1. The van der Waals surface area contributed by atoms with Crippen molar-refractivity contribution in [1.29, 1.82) is 0 Å². The molecule has 0 aliphatic rings. The van der Waals surface area contributed by atoms with Crippen molar-refractivity contribution >= 4 is 76.2 Å². The Hall–Kier alpha value is -7.36. The van der Waals surface area contributed by atoms with Crippen molar-refractivity contribution in [3.63, 3.8) is 0 Å². The number of rotatable bonds is 4. The molecule has 0 amide bonds. The lowest BCUT2D eigenvalue weighted by Gasteiger charge is -2.13. The summed E-state index contributed by atoms with van der Waals surface area (Å²) < 4.78 is 7.32. The summed E-state index contributed by atoms with van der Waals surface area (Å²) >= 11 is 0. The highest BCUT2D eigenvalue weighted by Gasteiger charge is 2.20. The second-order valence-electron chi connectivity index (χ2n) is 14.5. The van der Waals surface area contributed by atoms with Gasteiger partial charge in [-0.15, -0.1) is 0 Å². The summed E-state index contributed by atoms with van der Waals surface area (Å²) in [5.41, 5.74) is 13.2. The van der Waals surface area contributed by atoms with Gasteiger partial charge in [-0.1, -0.05) is 133 Å². The summed E-state index contributed by atoms with van der Waals surface area (Å²) in [5.74, 6) is 0. The Morgan fingerprint density at radius 1 is 0.273 bits per heavy atom. The first-order valence-electron chi connectivity index (χ1n) is 18.9. The number of para-hydroxylation sites is 4. The highest BCUT2D eigenvalue weighted by molar-refractivity contribution is 6.20. The van der Waals surface area contributed by atoms with E-state index in [0.29, 0.717) is 0 Å². The summed E-state index contributed by atoms with van der Waals surface area (Å²) in [6.45, 7) is 0. The highest BCUT2D eigenvalue weighted by Crippen LogP contribution is 2.42. The Kier molecular flexibility index (Phi) is 6.34. The molecule has 3 aromatic heterocycles. The second kappa shape index (κ2) is 11.6. The molecule has 0 aliphatic carbocycles. The van der Waals surface area contributed by atoms with Crippen LogP contribution in [0, 0.1) is 0 Å². The Bertz CT molecular complexity index is 3480. The van der Waals surface area contributed by atoms with Gasteiger partial charge in [-0.05, 0) is 83.2 Å². The predicted molar refractivity (Wildman–Crippen MR) is 232 cm³/mol. The van der Waals surface area contributed by atoms with E-state index in [1.165, 1.54) is 93.0 Å². The highest BCUT2D eigenvalue weighted by atomic mass is 15.0. The van der Waals surface area contributed by atoms with Crippen molar-refractivity contribution in [2.24, 2.45) is 0 Å². The van der Waals surface area contributed by atoms with Crippen LogP contribution in [0.3, 0.4) is 0 Å². The van der Waals surface area contributed by atoms with E-state index in [4.69, 9.17) is 0 Å². The minimum atomic E-state index is 1.14. The van der Waals surface area contributed by atoms with Gasteiger partial charge in [0.15, 0.2) is 0 Å². The maximum Gasteiger partial charge on any atom is 0.0549 e. The zero-order valence-corrected chi connectivity index (χ0v) is 29.9. The summed E-state index contributed by atoms with van der Waals surface area (Å²) in [4.78, 5) is 0. The van der Waals surface area contributed by atoms with Crippen LogP contribution in [0.25, 0.3) is 104 Å². The normalized spacial score (nSPS) is 12.0. The number of aromatic nitrogens is 3. The van der Waals surface area contributed by atoms with Crippen molar-refractivity contribution in [1.82, 2.24) is 13.7 Å². The van der Waals surface area contributed by atoms with Gasteiger partial charge in [0.1, 0.15) is 0 Å². The molecule has 0 saturated heterocycles. The minimum Gasteiger partial charge on any atom is -0.309 e. The lowest BCUT2D eigenvalue weighted by Crippen LogP contribution is -1.96. The quantitative estimate of drug-likeness (QED) is 0.174. The zero-order chi connectivity index (χ0) is 36.0. The third kappa shape index (κ3) is 4.32. The van der Waals surface area contributed by atoms with E-state index >= 15 is 0 Å². The molecule has 3 nitrogen and oxygen atoms in total. The van der Waals surface area contributed by atoms with Crippen LogP contribution in [-0.4, -0.2) is 13.7 Å². The van der Waals surface area contributed by atoms with Crippen LogP contribution in [0.1, 0.15) is 0 Å². The van der Waals surface area contributed by atoms with Crippen molar-refractivity contribution in [3.8, 4) is 28.2 Å². The Labute approximate surface area is 317 Å². The largest absolute Gasteiger partial charge is 0.309 e. The molecule has 55 heavy (non-hydrogen) atoms. The summed E-state index contributed by atoms with van der Waals surface area (Å²) in [5, 5.41) is 9.98. The number of fused-ring (bicyclic) bond motifs is 10. The topological polar surface area (TPSA) is 14.8 Å². The third-order valence-electron chi connectivity index (χ3n) is 11.6. The maximum absolute atomic E-state index is 2.46. The number of nitrogens with zero attached hydrogens (tertiary/aromatic N) is 3. The first-order valence-corrected chi connectivity index (χ1v) is 18.9. The smallest absolute Gasteiger partial charge is 0.0549 e. The number of hydrogen-bond donors (Lipinski definition) is 0. The second-order valence-corrected chi connectivity index (χ2v) is 14.5. The van der Waals surface area contributed by atoms with Crippen LogP contribution >= 0.6 is 0 Å². The zero-order valence-electron chi connectivity index (χ0n) is 29.9. The van der Waals surface area contributed by atoms with Crippen LogP contribution in [0.4, 0.5) is 0 Å². The van der Waals surface area contributed by atoms with Gasteiger partial charge in [-0.3, -0.25) is 0 Å². The van der Waals surface area contributed by atoms with Crippen molar-refractivity contribution < 1.29 is 0 Å². The summed E-state index contributed by atoms with van der Waals surface area (Å²) in [7, 11) is 0. The monoisotopic (exact) mass is 699 g/mol. The molecule has 9 aromatic carbocycles. The van der Waals surface area contributed by atoms with Crippen LogP contribution in [0.5, 0.6) is 0 Å². The van der Waals surface area contributed by atoms with Crippen LogP contribution in [0.15, 0.2) is 200 Å². The molecule has 12 aromatic rings. The van der Waals surface area contributed by atoms with Crippen molar-refractivity contribution in [2.75, 3.05) is 0 Å². The average molecular weight is 700 g/mol. The Balaban J connectivity index is 1.12. The van der Waals surface area contributed by atoms with E-state index < -0.39 is 0 Å². The summed E-state index contributed by atoms with van der Waals surface area (Å²) in [6.07, 6.45) is 0. The van der Waals surface area contributed by atoms with Crippen LogP contribution < -0.4 is 0 Å². The van der Waals surface area contributed by atoms with Gasteiger partial charge in [0.2, 0.25) is 0 Å². The van der Waals surface area contributed by atoms with Gasteiger partial charge in [0.25, 0.3) is 0 Å². The lowest BCUT2D eigenvalue weighted by molar-refractivity contribution is 1.18. The molecule has 0 saturated carbocycles. The van der Waals surface area contributed by atoms with E-state index in [1.54, 1.807) is 0 Å². The van der Waals surface area contributed by atoms with Crippen molar-refractivity contribution in [3.05, 3.63) is 200 Å². The van der Waals surface area contributed by atoms with Gasteiger partial charge in [0.05, 0.1) is 38.8 Å². The lowest BCUT2D eigenvalue weighted by atomic mass is 9.99. The maximum atomic E-state index is 2.46. The van der Waals surface area contributed by atoms with Gasteiger partial charge in [-0.2, -0.15) is 0 Å². The van der Waals surface area contributed by atoms with E-state index in [1.807, 2.05) is 0 Å². The molecule has 0 N–H and O–H groups in total. The molecule has 0 bridgehead atoms. The van der Waals surface area contributed by atoms with Gasteiger partial charge >= 0.3 is 0 Å². The van der Waals surface area contributed by atoms with Gasteiger partial charge in [-0.25, -0.2) is 0 Å². The van der Waals surface area contributed by atoms with Crippen molar-refractivity contribution in [2.45, 2.75) is 0 Å². The number of hydrogen-bond acceptors (Lipinski definition) is 0. The molecule has 256 valence electrons. The SMILES string of the molecule is c1ccc(-n2c3ccccc3c3c(-c4cccc(-n5c6ccccc6c6cc7c(cc65)c5ccccc5n7-c5cccc6ccccc56)c4)cccc32)cc1. The average Bonchev–Trinajstić information content (AvgIpc) is 3.88.